The second-order valence-corrected chi connectivity index (χ2v) is 7.78. The monoisotopic (exact) mass is 325 g/mol. The van der Waals surface area contributed by atoms with Crippen LogP contribution in [0.4, 0.5) is 0 Å². The molecule has 0 radical (unpaired) electrons. The molecule has 1 aromatic carbocycles. The van der Waals surface area contributed by atoms with Crippen molar-refractivity contribution < 1.29 is 13.5 Å². The quantitative estimate of drug-likeness (QED) is 0.844. The highest BCUT2D eigenvalue weighted by Crippen LogP contribution is 2.41. The largest absolute Gasteiger partial charge is 0.384 e. The first-order chi connectivity index (χ1) is 10.0. The molecular weight excluding hydrogens is 310 g/mol. The molecule has 1 saturated heterocycles. The van der Waals surface area contributed by atoms with Gasteiger partial charge in [0.15, 0.2) is 0 Å². The number of halogens is 1. The highest BCUT2D eigenvalue weighted by molar-refractivity contribution is 7.89. The van der Waals surface area contributed by atoms with E-state index in [-0.39, 0.29) is 22.6 Å². The SMILES string of the molecule is O=S(=O)(c1ccc(C#CCO)cc1Cl)N1CC2CCC1C2. The minimum atomic E-state index is -3.53. The van der Waals surface area contributed by atoms with Crippen LogP contribution < -0.4 is 0 Å². The Balaban J connectivity index is 1.92. The molecule has 1 aliphatic heterocycles. The molecular formula is C15H16ClNO3S. The lowest BCUT2D eigenvalue weighted by atomic mass is 10.1. The van der Waals surface area contributed by atoms with Crippen molar-refractivity contribution in [2.24, 2.45) is 5.92 Å². The van der Waals surface area contributed by atoms with Crippen molar-refractivity contribution in [2.75, 3.05) is 13.2 Å². The number of piperidine rings is 1. The fraction of sp³-hybridized carbons (Fsp3) is 0.467. The van der Waals surface area contributed by atoms with Crippen LogP contribution in [0.5, 0.6) is 0 Å². The Labute approximate surface area is 129 Å². The van der Waals surface area contributed by atoms with Crippen molar-refractivity contribution in [1.82, 2.24) is 4.31 Å². The summed E-state index contributed by atoms with van der Waals surface area (Å²) in [7, 11) is -3.53. The Hall–Kier alpha value is -1.06. The molecule has 1 aliphatic carbocycles. The van der Waals surface area contributed by atoms with Gasteiger partial charge in [-0.3, -0.25) is 0 Å². The van der Waals surface area contributed by atoms with Gasteiger partial charge in [-0.1, -0.05) is 23.4 Å². The van der Waals surface area contributed by atoms with Gasteiger partial charge in [0, 0.05) is 18.2 Å². The predicted molar refractivity (Wildman–Crippen MR) is 80.4 cm³/mol. The summed E-state index contributed by atoms with van der Waals surface area (Å²) in [5, 5.41) is 8.86. The van der Waals surface area contributed by atoms with Crippen LogP contribution in [0.2, 0.25) is 5.02 Å². The number of benzene rings is 1. The number of hydrogen-bond acceptors (Lipinski definition) is 3. The molecule has 1 heterocycles. The summed E-state index contributed by atoms with van der Waals surface area (Å²) < 4.78 is 27.1. The molecule has 3 rings (SSSR count). The first kappa shape index (κ1) is 14.9. The van der Waals surface area contributed by atoms with E-state index in [1.807, 2.05) is 0 Å². The zero-order valence-corrected chi connectivity index (χ0v) is 13.0. The molecule has 21 heavy (non-hydrogen) atoms. The Morgan fingerprint density at radius 3 is 2.76 bits per heavy atom. The topological polar surface area (TPSA) is 57.6 Å². The molecule has 2 aliphatic rings. The lowest BCUT2D eigenvalue weighted by molar-refractivity contribution is 0.333. The second kappa shape index (κ2) is 5.62. The molecule has 2 bridgehead atoms. The van der Waals surface area contributed by atoms with Gasteiger partial charge in [-0.25, -0.2) is 8.42 Å². The summed E-state index contributed by atoms with van der Waals surface area (Å²) in [5.41, 5.74) is 0.593. The second-order valence-electron chi connectivity index (χ2n) is 5.51. The van der Waals surface area contributed by atoms with Gasteiger partial charge >= 0.3 is 0 Å². The van der Waals surface area contributed by atoms with Crippen LogP contribution >= 0.6 is 11.6 Å². The standard InChI is InChI=1S/C15H16ClNO3S/c16-14-9-11(2-1-7-18)4-6-15(14)21(19,20)17-10-12-3-5-13(17)8-12/h4,6,9,12-13,18H,3,5,7-8,10H2. The van der Waals surface area contributed by atoms with Crippen molar-refractivity contribution >= 4 is 21.6 Å². The van der Waals surface area contributed by atoms with E-state index >= 15 is 0 Å². The molecule has 1 N–H and O–H groups in total. The van der Waals surface area contributed by atoms with Crippen LogP contribution in [0, 0.1) is 17.8 Å². The first-order valence-corrected chi connectivity index (χ1v) is 8.75. The van der Waals surface area contributed by atoms with Crippen LogP contribution in [0.25, 0.3) is 0 Å². The number of hydrogen-bond donors (Lipinski definition) is 1. The fourth-order valence-corrected chi connectivity index (χ4v) is 5.49. The van der Waals surface area contributed by atoms with Gasteiger partial charge in [-0.05, 0) is 43.4 Å². The molecule has 6 heteroatoms. The molecule has 112 valence electrons. The molecule has 2 unspecified atom stereocenters. The van der Waals surface area contributed by atoms with Crippen molar-refractivity contribution in [1.29, 1.82) is 0 Å². The fourth-order valence-electron chi connectivity index (χ4n) is 3.23. The number of nitrogens with zero attached hydrogens (tertiary/aromatic N) is 1. The number of sulfonamides is 1. The maximum Gasteiger partial charge on any atom is 0.244 e. The molecule has 0 amide bonds. The van der Waals surface area contributed by atoms with E-state index in [0.29, 0.717) is 18.0 Å². The van der Waals surface area contributed by atoms with Crippen molar-refractivity contribution in [3.8, 4) is 11.8 Å². The summed E-state index contributed by atoms with van der Waals surface area (Å²) >= 11 is 6.14. The van der Waals surface area contributed by atoms with E-state index in [9.17, 15) is 8.42 Å². The van der Waals surface area contributed by atoms with E-state index in [0.717, 1.165) is 19.3 Å². The number of rotatable bonds is 2. The number of fused-ring (bicyclic) bond motifs is 2. The van der Waals surface area contributed by atoms with E-state index < -0.39 is 10.0 Å². The maximum absolute atomic E-state index is 12.7. The van der Waals surface area contributed by atoms with Gasteiger partial charge in [0.1, 0.15) is 11.5 Å². The van der Waals surface area contributed by atoms with Gasteiger partial charge in [0.05, 0.1) is 5.02 Å². The van der Waals surface area contributed by atoms with Gasteiger partial charge < -0.3 is 5.11 Å². The summed E-state index contributed by atoms with van der Waals surface area (Å²) in [5.74, 6) is 5.73. The zero-order valence-electron chi connectivity index (χ0n) is 11.4. The summed E-state index contributed by atoms with van der Waals surface area (Å²) in [4.78, 5) is 0.145. The zero-order chi connectivity index (χ0) is 15.0. The number of aliphatic hydroxyl groups excluding tert-OH is 1. The Kier molecular flexibility index (Phi) is 3.98. The Bertz CT molecular complexity index is 720. The lowest BCUT2D eigenvalue weighted by Gasteiger charge is -2.26. The van der Waals surface area contributed by atoms with Crippen molar-refractivity contribution in [3.05, 3.63) is 28.8 Å². The van der Waals surface area contributed by atoms with Crippen LogP contribution in [-0.2, 0) is 10.0 Å². The lowest BCUT2D eigenvalue weighted by Crippen LogP contribution is -2.37. The molecule has 1 saturated carbocycles. The van der Waals surface area contributed by atoms with Crippen molar-refractivity contribution in [2.45, 2.75) is 30.2 Å². The third-order valence-corrected chi connectivity index (χ3v) is 6.59. The molecule has 4 nitrogen and oxygen atoms in total. The molecule has 2 fully saturated rings. The van der Waals surface area contributed by atoms with Crippen LogP contribution in [0.1, 0.15) is 24.8 Å². The normalized spacial score (nSPS) is 24.9. The van der Waals surface area contributed by atoms with Gasteiger partial charge in [-0.15, -0.1) is 0 Å². The van der Waals surface area contributed by atoms with E-state index in [1.54, 1.807) is 10.4 Å². The first-order valence-electron chi connectivity index (χ1n) is 6.93. The van der Waals surface area contributed by atoms with Crippen LogP contribution in [0.3, 0.4) is 0 Å². The van der Waals surface area contributed by atoms with Gasteiger partial charge in [0.2, 0.25) is 10.0 Å². The van der Waals surface area contributed by atoms with Crippen LogP contribution in [0.15, 0.2) is 23.1 Å². The summed E-state index contributed by atoms with van der Waals surface area (Å²) in [6.45, 7) is 0.365. The van der Waals surface area contributed by atoms with E-state index in [1.165, 1.54) is 12.1 Å². The highest BCUT2D eigenvalue weighted by atomic mass is 35.5. The number of aliphatic hydroxyl groups is 1. The predicted octanol–water partition coefficient (Wildman–Crippen LogP) is 1.86. The minimum absolute atomic E-state index is 0.130. The minimum Gasteiger partial charge on any atom is -0.384 e. The average Bonchev–Trinajstić information content (AvgIpc) is 3.07. The molecule has 0 aromatic heterocycles. The van der Waals surface area contributed by atoms with Crippen LogP contribution in [-0.4, -0.2) is 37.0 Å². The third kappa shape index (κ3) is 2.69. The molecule has 0 spiro atoms. The summed E-state index contributed by atoms with van der Waals surface area (Å²) in [6, 6.07) is 4.79. The van der Waals surface area contributed by atoms with E-state index in [2.05, 4.69) is 11.8 Å². The summed E-state index contributed by atoms with van der Waals surface area (Å²) in [6.07, 6.45) is 3.04. The Morgan fingerprint density at radius 1 is 1.38 bits per heavy atom. The van der Waals surface area contributed by atoms with Crippen molar-refractivity contribution in [3.63, 3.8) is 0 Å². The third-order valence-electron chi connectivity index (χ3n) is 4.19. The molecule has 1 aromatic rings. The van der Waals surface area contributed by atoms with Gasteiger partial charge in [0.25, 0.3) is 0 Å². The smallest absolute Gasteiger partial charge is 0.244 e. The van der Waals surface area contributed by atoms with E-state index in [4.69, 9.17) is 16.7 Å². The average molecular weight is 326 g/mol. The Morgan fingerprint density at radius 2 is 2.19 bits per heavy atom. The maximum atomic E-state index is 12.7. The van der Waals surface area contributed by atoms with Gasteiger partial charge in [-0.2, -0.15) is 4.31 Å². The highest BCUT2D eigenvalue weighted by Gasteiger charge is 2.44. The molecule has 2 atom stereocenters.